The van der Waals surface area contributed by atoms with Gasteiger partial charge < -0.3 is 4.74 Å². The molecule has 140 valence electrons. The zero-order chi connectivity index (χ0) is 19.5. The Hall–Kier alpha value is -2.78. The Morgan fingerprint density at radius 1 is 0.926 bits per heavy atom. The van der Waals surface area contributed by atoms with Crippen molar-refractivity contribution in [2.24, 2.45) is 0 Å². The third-order valence-electron chi connectivity index (χ3n) is 4.23. The molecule has 0 fully saturated rings. The van der Waals surface area contributed by atoms with Crippen LogP contribution in [0.2, 0.25) is 0 Å². The van der Waals surface area contributed by atoms with Gasteiger partial charge in [-0.2, -0.15) is 0 Å². The van der Waals surface area contributed by atoms with E-state index in [1.807, 2.05) is 68.4 Å². The lowest BCUT2D eigenvalue weighted by Gasteiger charge is -2.07. The lowest BCUT2D eigenvalue weighted by atomic mass is 10.0. The van der Waals surface area contributed by atoms with Crippen LogP contribution in [0.4, 0.5) is 0 Å². The fourth-order valence-electron chi connectivity index (χ4n) is 2.64. The highest BCUT2D eigenvalue weighted by atomic mass is 16.5. The number of hydrogen-bond donors (Lipinski definition) is 0. The van der Waals surface area contributed by atoms with Crippen molar-refractivity contribution in [3.63, 3.8) is 0 Å². The predicted molar refractivity (Wildman–Crippen MR) is 109 cm³/mol. The maximum absolute atomic E-state index is 12.4. The SMILES string of the molecule is C/C(=C\C=O)CC/C=C(\C)COCc1ccc(C(=O)c2ccccc2)cc1. The second-order valence-corrected chi connectivity index (χ2v) is 6.62. The molecule has 27 heavy (non-hydrogen) atoms. The molecule has 2 aromatic carbocycles. The fraction of sp³-hybridized carbons (Fsp3) is 0.250. The molecule has 3 heteroatoms. The summed E-state index contributed by atoms with van der Waals surface area (Å²) < 4.78 is 5.75. The Balaban J connectivity index is 1.79. The zero-order valence-electron chi connectivity index (χ0n) is 16.0. The van der Waals surface area contributed by atoms with Crippen molar-refractivity contribution in [2.45, 2.75) is 33.3 Å². The van der Waals surface area contributed by atoms with Crippen molar-refractivity contribution in [3.8, 4) is 0 Å². The molecule has 0 heterocycles. The van der Waals surface area contributed by atoms with Gasteiger partial charge in [0, 0.05) is 11.1 Å². The van der Waals surface area contributed by atoms with Gasteiger partial charge in [0.15, 0.2) is 5.78 Å². The summed E-state index contributed by atoms with van der Waals surface area (Å²) >= 11 is 0. The molecule has 0 radical (unpaired) electrons. The van der Waals surface area contributed by atoms with Crippen LogP contribution in [0.1, 0.15) is 48.2 Å². The zero-order valence-corrected chi connectivity index (χ0v) is 16.0. The average Bonchev–Trinajstić information content (AvgIpc) is 2.69. The van der Waals surface area contributed by atoms with Crippen LogP contribution in [0.3, 0.4) is 0 Å². The number of aldehydes is 1. The van der Waals surface area contributed by atoms with Crippen LogP contribution in [0.15, 0.2) is 77.9 Å². The molecule has 2 rings (SSSR count). The van der Waals surface area contributed by atoms with E-state index in [1.54, 1.807) is 6.08 Å². The normalized spacial score (nSPS) is 12.1. The first-order valence-corrected chi connectivity index (χ1v) is 9.13. The van der Waals surface area contributed by atoms with E-state index in [4.69, 9.17) is 4.74 Å². The van der Waals surface area contributed by atoms with E-state index in [-0.39, 0.29) is 5.78 Å². The van der Waals surface area contributed by atoms with Gasteiger partial charge in [0.25, 0.3) is 0 Å². The van der Waals surface area contributed by atoms with E-state index in [9.17, 15) is 9.59 Å². The Bertz CT molecular complexity index is 799. The van der Waals surface area contributed by atoms with Gasteiger partial charge in [-0.15, -0.1) is 0 Å². The monoisotopic (exact) mass is 362 g/mol. The van der Waals surface area contributed by atoms with Crippen molar-refractivity contribution in [3.05, 3.63) is 94.6 Å². The number of rotatable bonds is 10. The minimum Gasteiger partial charge on any atom is -0.372 e. The molecule has 0 saturated heterocycles. The molecule has 0 bridgehead atoms. The summed E-state index contributed by atoms with van der Waals surface area (Å²) in [5, 5.41) is 0. The van der Waals surface area contributed by atoms with Crippen LogP contribution < -0.4 is 0 Å². The quantitative estimate of drug-likeness (QED) is 0.249. The van der Waals surface area contributed by atoms with Crippen molar-refractivity contribution in [2.75, 3.05) is 6.61 Å². The summed E-state index contributed by atoms with van der Waals surface area (Å²) in [5.74, 6) is 0.0285. The number of benzene rings is 2. The second kappa shape index (κ2) is 11.0. The molecule has 0 atom stereocenters. The lowest BCUT2D eigenvalue weighted by Crippen LogP contribution is -2.02. The molecule has 2 aromatic rings. The van der Waals surface area contributed by atoms with Crippen molar-refractivity contribution in [1.29, 1.82) is 0 Å². The van der Waals surface area contributed by atoms with E-state index in [0.717, 1.165) is 30.3 Å². The van der Waals surface area contributed by atoms with Crippen molar-refractivity contribution in [1.82, 2.24) is 0 Å². The summed E-state index contributed by atoms with van der Waals surface area (Å²) in [6.45, 7) is 5.08. The average molecular weight is 362 g/mol. The molecule has 0 amide bonds. The lowest BCUT2D eigenvalue weighted by molar-refractivity contribution is -0.104. The molecule has 0 unspecified atom stereocenters. The minimum absolute atomic E-state index is 0.0285. The summed E-state index contributed by atoms with van der Waals surface area (Å²) in [5.41, 5.74) is 4.67. The summed E-state index contributed by atoms with van der Waals surface area (Å²) in [4.78, 5) is 22.8. The van der Waals surface area contributed by atoms with Crippen LogP contribution in [0, 0.1) is 0 Å². The van der Waals surface area contributed by atoms with Crippen molar-refractivity contribution < 1.29 is 14.3 Å². The van der Waals surface area contributed by atoms with E-state index in [2.05, 4.69) is 6.08 Å². The molecular weight excluding hydrogens is 336 g/mol. The smallest absolute Gasteiger partial charge is 0.193 e. The Kier molecular flexibility index (Phi) is 8.40. The highest BCUT2D eigenvalue weighted by molar-refractivity contribution is 6.08. The first-order valence-electron chi connectivity index (χ1n) is 9.13. The van der Waals surface area contributed by atoms with Gasteiger partial charge in [-0.05, 0) is 38.3 Å². The molecule has 0 aromatic heterocycles. The van der Waals surface area contributed by atoms with Gasteiger partial charge in [0.05, 0.1) is 13.2 Å². The third-order valence-corrected chi connectivity index (χ3v) is 4.23. The maximum atomic E-state index is 12.4. The van der Waals surface area contributed by atoms with Crippen LogP contribution in [0.25, 0.3) is 0 Å². The predicted octanol–water partition coefficient (Wildman–Crippen LogP) is 5.31. The number of hydrogen-bond acceptors (Lipinski definition) is 3. The van der Waals surface area contributed by atoms with Crippen molar-refractivity contribution >= 4 is 12.1 Å². The van der Waals surface area contributed by atoms with E-state index < -0.39 is 0 Å². The highest BCUT2D eigenvalue weighted by Crippen LogP contribution is 2.12. The first kappa shape index (κ1) is 20.5. The fourth-order valence-corrected chi connectivity index (χ4v) is 2.64. The number of allylic oxidation sites excluding steroid dienone is 3. The largest absolute Gasteiger partial charge is 0.372 e. The maximum Gasteiger partial charge on any atom is 0.193 e. The molecular formula is C24H26O3. The Morgan fingerprint density at radius 3 is 2.26 bits per heavy atom. The third kappa shape index (κ3) is 7.16. The number of carbonyl (C=O) groups excluding carboxylic acids is 2. The summed E-state index contributed by atoms with van der Waals surface area (Å²) in [7, 11) is 0. The number of ether oxygens (including phenoxy) is 1. The van der Waals surface area contributed by atoms with Gasteiger partial charge in [0.2, 0.25) is 0 Å². The Labute approximate surface area is 161 Å². The van der Waals surface area contributed by atoms with Gasteiger partial charge in [0.1, 0.15) is 6.29 Å². The van der Waals surface area contributed by atoms with Gasteiger partial charge in [-0.3, -0.25) is 9.59 Å². The van der Waals surface area contributed by atoms with E-state index in [1.165, 1.54) is 5.57 Å². The van der Waals surface area contributed by atoms with Crippen LogP contribution >= 0.6 is 0 Å². The van der Waals surface area contributed by atoms with Gasteiger partial charge >= 0.3 is 0 Å². The first-order chi connectivity index (χ1) is 13.1. The molecule has 0 spiro atoms. The standard InChI is InChI=1S/C24H26O3/c1-19(15-16-25)7-6-8-20(2)17-27-18-21-11-13-23(14-12-21)24(26)22-9-4-3-5-10-22/h3-5,8-16H,6-7,17-18H2,1-2H3/b19-15+,20-8+. The van der Waals surface area contributed by atoms with Crippen LogP contribution in [-0.2, 0) is 16.1 Å². The molecule has 0 N–H and O–H groups in total. The molecule has 0 aliphatic heterocycles. The van der Waals surface area contributed by atoms with Crippen LogP contribution in [0.5, 0.6) is 0 Å². The summed E-state index contributed by atoms with van der Waals surface area (Å²) in [6.07, 6.45) is 6.36. The molecule has 0 saturated carbocycles. The number of carbonyl (C=O) groups is 2. The number of ketones is 1. The van der Waals surface area contributed by atoms with Gasteiger partial charge in [-0.1, -0.05) is 71.8 Å². The Morgan fingerprint density at radius 2 is 1.59 bits per heavy atom. The minimum atomic E-state index is 0.0285. The van der Waals surface area contributed by atoms with Gasteiger partial charge in [-0.25, -0.2) is 0 Å². The highest BCUT2D eigenvalue weighted by Gasteiger charge is 2.08. The molecule has 0 aliphatic carbocycles. The second-order valence-electron chi connectivity index (χ2n) is 6.62. The summed E-state index contributed by atoms with van der Waals surface area (Å²) in [6, 6.07) is 16.8. The van der Waals surface area contributed by atoms with Crippen LogP contribution in [-0.4, -0.2) is 18.7 Å². The van der Waals surface area contributed by atoms with E-state index in [0.29, 0.717) is 24.3 Å². The molecule has 0 aliphatic rings. The molecule has 3 nitrogen and oxygen atoms in total. The topological polar surface area (TPSA) is 43.4 Å². The van der Waals surface area contributed by atoms with E-state index >= 15 is 0 Å².